The number of halogens is 1. The van der Waals surface area contributed by atoms with E-state index >= 15 is 0 Å². The van der Waals surface area contributed by atoms with E-state index in [1.54, 1.807) is 18.2 Å². The van der Waals surface area contributed by atoms with Gasteiger partial charge in [0.25, 0.3) is 0 Å². The Labute approximate surface area is 88.3 Å². The molecule has 0 saturated heterocycles. The third-order valence-corrected chi connectivity index (χ3v) is 1.94. The van der Waals surface area contributed by atoms with Crippen LogP contribution < -0.4 is 15.2 Å². The van der Waals surface area contributed by atoms with E-state index in [1.165, 1.54) is 20.3 Å². The van der Waals surface area contributed by atoms with Gasteiger partial charge in [-0.3, -0.25) is 0 Å². The van der Waals surface area contributed by atoms with Crippen LogP contribution in [-0.2, 0) is 0 Å². The third-order valence-electron chi connectivity index (χ3n) is 1.94. The predicted molar refractivity (Wildman–Crippen MR) is 57.6 cm³/mol. The van der Waals surface area contributed by atoms with Gasteiger partial charge in [-0.15, -0.1) is 0 Å². The van der Waals surface area contributed by atoms with Crippen molar-refractivity contribution in [3.05, 3.63) is 29.6 Å². The Morgan fingerprint density at radius 3 is 2.47 bits per heavy atom. The van der Waals surface area contributed by atoms with Crippen molar-refractivity contribution in [2.24, 2.45) is 5.73 Å². The van der Waals surface area contributed by atoms with Gasteiger partial charge in [0.15, 0.2) is 11.6 Å². The molecule has 0 heterocycles. The molecule has 0 saturated carbocycles. The number of rotatable bonds is 4. The van der Waals surface area contributed by atoms with Crippen molar-refractivity contribution in [2.75, 3.05) is 20.8 Å². The van der Waals surface area contributed by atoms with Crippen molar-refractivity contribution in [1.82, 2.24) is 0 Å². The molecule has 0 atom stereocenters. The van der Waals surface area contributed by atoms with Gasteiger partial charge < -0.3 is 15.2 Å². The van der Waals surface area contributed by atoms with Crippen molar-refractivity contribution in [1.29, 1.82) is 0 Å². The van der Waals surface area contributed by atoms with Crippen LogP contribution in [0.25, 0.3) is 6.08 Å². The Hall–Kier alpha value is -1.55. The van der Waals surface area contributed by atoms with E-state index in [-0.39, 0.29) is 5.75 Å². The Morgan fingerprint density at radius 2 is 1.93 bits per heavy atom. The summed E-state index contributed by atoms with van der Waals surface area (Å²) in [5, 5.41) is 0. The fraction of sp³-hybridized carbons (Fsp3) is 0.273. The second-order valence-electron chi connectivity index (χ2n) is 2.87. The van der Waals surface area contributed by atoms with Crippen LogP contribution in [0.4, 0.5) is 4.39 Å². The molecule has 4 heteroatoms. The lowest BCUT2D eigenvalue weighted by molar-refractivity contribution is 0.376. The average Bonchev–Trinajstić information content (AvgIpc) is 2.26. The zero-order valence-corrected chi connectivity index (χ0v) is 8.79. The van der Waals surface area contributed by atoms with Crippen LogP contribution in [0.2, 0.25) is 0 Å². The lowest BCUT2D eigenvalue weighted by atomic mass is 10.1. The number of ether oxygens (including phenoxy) is 2. The number of hydrogen-bond acceptors (Lipinski definition) is 3. The van der Waals surface area contributed by atoms with E-state index < -0.39 is 5.82 Å². The molecule has 82 valence electrons. The van der Waals surface area contributed by atoms with E-state index in [0.29, 0.717) is 12.3 Å². The molecule has 2 N–H and O–H groups in total. The first-order chi connectivity index (χ1) is 7.22. The van der Waals surface area contributed by atoms with E-state index in [2.05, 4.69) is 0 Å². The van der Waals surface area contributed by atoms with Gasteiger partial charge in [-0.1, -0.05) is 12.2 Å². The van der Waals surface area contributed by atoms with Gasteiger partial charge >= 0.3 is 0 Å². The lowest BCUT2D eigenvalue weighted by Crippen LogP contribution is -1.95. The highest BCUT2D eigenvalue weighted by Gasteiger charge is 2.08. The number of benzene rings is 1. The fourth-order valence-electron chi connectivity index (χ4n) is 1.21. The van der Waals surface area contributed by atoms with E-state index in [1.807, 2.05) is 0 Å². The monoisotopic (exact) mass is 211 g/mol. The lowest BCUT2D eigenvalue weighted by Gasteiger charge is -2.08. The highest BCUT2D eigenvalue weighted by Crippen LogP contribution is 2.28. The van der Waals surface area contributed by atoms with Crippen molar-refractivity contribution in [3.8, 4) is 11.5 Å². The highest BCUT2D eigenvalue weighted by molar-refractivity contribution is 5.60. The van der Waals surface area contributed by atoms with Gasteiger partial charge in [0.1, 0.15) is 5.75 Å². The number of nitrogens with two attached hydrogens (primary N) is 1. The van der Waals surface area contributed by atoms with Crippen LogP contribution in [0.15, 0.2) is 18.2 Å². The maximum atomic E-state index is 13.3. The SMILES string of the molecule is COc1cc(/C=C/CN)c(OC)cc1F. The Kier molecular flexibility index (Phi) is 4.12. The summed E-state index contributed by atoms with van der Waals surface area (Å²) in [7, 11) is 2.91. The van der Waals surface area contributed by atoms with Gasteiger partial charge in [-0.05, 0) is 6.07 Å². The molecule has 0 amide bonds. The summed E-state index contributed by atoms with van der Waals surface area (Å²) in [5.41, 5.74) is 6.07. The first-order valence-electron chi connectivity index (χ1n) is 4.51. The largest absolute Gasteiger partial charge is 0.496 e. The molecule has 0 aromatic heterocycles. The normalized spacial score (nSPS) is 10.7. The predicted octanol–water partition coefficient (Wildman–Crippen LogP) is 1.81. The molecule has 0 aliphatic rings. The minimum absolute atomic E-state index is 0.187. The molecule has 15 heavy (non-hydrogen) atoms. The smallest absolute Gasteiger partial charge is 0.168 e. The molecule has 0 fully saturated rings. The highest BCUT2D eigenvalue weighted by atomic mass is 19.1. The third kappa shape index (κ3) is 2.70. The summed E-state index contributed by atoms with van der Waals surface area (Å²) in [4.78, 5) is 0. The molecule has 0 aliphatic carbocycles. The Balaban J connectivity index is 3.16. The van der Waals surface area contributed by atoms with Crippen LogP contribution in [0.5, 0.6) is 11.5 Å². The minimum Gasteiger partial charge on any atom is -0.496 e. The van der Waals surface area contributed by atoms with E-state index in [0.717, 1.165) is 5.56 Å². The average molecular weight is 211 g/mol. The van der Waals surface area contributed by atoms with Gasteiger partial charge in [-0.25, -0.2) is 4.39 Å². The van der Waals surface area contributed by atoms with E-state index in [4.69, 9.17) is 15.2 Å². The van der Waals surface area contributed by atoms with Crippen LogP contribution in [0.1, 0.15) is 5.56 Å². The first-order valence-corrected chi connectivity index (χ1v) is 4.51. The minimum atomic E-state index is -0.445. The van der Waals surface area contributed by atoms with Crippen molar-refractivity contribution >= 4 is 6.08 Å². The number of methoxy groups -OCH3 is 2. The molecule has 1 aromatic rings. The molecule has 0 bridgehead atoms. The Morgan fingerprint density at radius 1 is 1.27 bits per heavy atom. The van der Waals surface area contributed by atoms with Gasteiger partial charge in [0.2, 0.25) is 0 Å². The van der Waals surface area contributed by atoms with Crippen molar-refractivity contribution < 1.29 is 13.9 Å². The molecular formula is C11H14FNO2. The van der Waals surface area contributed by atoms with Gasteiger partial charge in [0.05, 0.1) is 14.2 Å². The summed E-state index contributed by atoms with van der Waals surface area (Å²) < 4.78 is 23.2. The molecule has 0 unspecified atom stereocenters. The second-order valence-corrected chi connectivity index (χ2v) is 2.87. The molecule has 0 radical (unpaired) electrons. The van der Waals surface area contributed by atoms with Crippen LogP contribution >= 0.6 is 0 Å². The molecule has 0 spiro atoms. The maximum absolute atomic E-state index is 13.3. The van der Waals surface area contributed by atoms with E-state index in [9.17, 15) is 4.39 Å². The van der Waals surface area contributed by atoms with Crippen LogP contribution in [0.3, 0.4) is 0 Å². The van der Waals surface area contributed by atoms with Crippen LogP contribution in [0, 0.1) is 5.82 Å². The Bertz CT molecular complexity index is 364. The molecule has 0 aliphatic heterocycles. The summed E-state index contributed by atoms with van der Waals surface area (Å²) in [5.74, 6) is 0.199. The van der Waals surface area contributed by atoms with Gasteiger partial charge in [0, 0.05) is 18.2 Å². The summed E-state index contributed by atoms with van der Waals surface area (Å²) >= 11 is 0. The molecular weight excluding hydrogens is 197 g/mol. The van der Waals surface area contributed by atoms with Crippen molar-refractivity contribution in [3.63, 3.8) is 0 Å². The maximum Gasteiger partial charge on any atom is 0.168 e. The first kappa shape index (κ1) is 11.5. The zero-order chi connectivity index (χ0) is 11.3. The summed E-state index contributed by atoms with van der Waals surface area (Å²) in [6.07, 6.45) is 3.52. The summed E-state index contributed by atoms with van der Waals surface area (Å²) in [6, 6.07) is 2.86. The van der Waals surface area contributed by atoms with Gasteiger partial charge in [-0.2, -0.15) is 0 Å². The second kappa shape index (κ2) is 5.36. The molecule has 3 nitrogen and oxygen atoms in total. The zero-order valence-electron chi connectivity index (χ0n) is 8.79. The van der Waals surface area contributed by atoms with Crippen molar-refractivity contribution in [2.45, 2.75) is 0 Å². The van der Waals surface area contributed by atoms with Crippen LogP contribution in [-0.4, -0.2) is 20.8 Å². The quantitative estimate of drug-likeness (QED) is 0.826. The molecule has 1 aromatic carbocycles. The number of hydrogen-bond donors (Lipinski definition) is 1. The molecule has 1 rings (SSSR count). The standard InChI is InChI=1S/C11H14FNO2/c1-14-10-7-9(12)11(15-2)6-8(10)4-3-5-13/h3-4,6-7H,5,13H2,1-2H3/b4-3+. The fourth-order valence-corrected chi connectivity index (χ4v) is 1.21. The topological polar surface area (TPSA) is 44.5 Å². The summed E-state index contributed by atoms with van der Waals surface area (Å²) in [6.45, 7) is 0.419.